The van der Waals surface area contributed by atoms with Crippen molar-refractivity contribution >= 4 is 7.82 Å². The van der Waals surface area contributed by atoms with Gasteiger partial charge in [0.25, 0.3) is 0 Å². The van der Waals surface area contributed by atoms with Gasteiger partial charge in [-0.05, 0) is 37.0 Å². The van der Waals surface area contributed by atoms with Crippen LogP contribution in [0, 0.1) is 0 Å². The molecule has 132 valence electrons. The maximum Gasteiger partial charge on any atom is 0.527 e. The van der Waals surface area contributed by atoms with Crippen LogP contribution in [0.5, 0.6) is 5.75 Å². The van der Waals surface area contributed by atoms with Crippen LogP contribution in [0.25, 0.3) is 0 Å². The molecular formula is C18H31O4P. The highest BCUT2D eigenvalue weighted by Crippen LogP contribution is 2.43. The van der Waals surface area contributed by atoms with Crippen LogP contribution in [-0.2, 0) is 15.5 Å². The molecule has 4 nitrogen and oxygen atoms in total. The summed E-state index contributed by atoms with van der Waals surface area (Å²) in [6.07, 6.45) is 9.93. The highest BCUT2D eigenvalue weighted by Gasteiger charge is 2.22. The minimum Gasteiger partial charge on any atom is -0.404 e. The zero-order valence-electron chi connectivity index (χ0n) is 14.5. The molecule has 0 aromatic heterocycles. The minimum absolute atomic E-state index is 0.258. The molecule has 0 aliphatic carbocycles. The molecule has 1 rings (SSSR count). The van der Waals surface area contributed by atoms with Crippen molar-refractivity contribution in [2.75, 3.05) is 6.61 Å². The summed E-state index contributed by atoms with van der Waals surface area (Å²) < 4.78 is 22.0. The van der Waals surface area contributed by atoms with Crippen LogP contribution >= 0.6 is 7.82 Å². The van der Waals surface area contributed by atoms with E-state index in [1.807, 2.05) is 12.1 Å². The fraction of sp³-hybridized carbons (Fsp3) is 0.667. The average molecular weight is 342 g/mol. The second-order valence-electron chi connectivity index (χ2n) is 5.91. The Bertz CT molecular complexity index is 459. The summed E-state index contributed by atoms with van der Waals surface area (Å²) in [6.45, 7) is 4.59. The number of benzene rings is 1. The third-order valence-corrected chi connectivity index (χ3v) is 4.67. The van der Waals surface area contributed by atoms with Gasteiger partial charge in [-0.1, -0.05) is 64.5 Å². The predicted molar refractivity (Wildman–Crippen MR) is 94.8 cm³/mol. The van der Waals surface area contributed by atoms with Gasteiger partial charge < -0.3 is 4.52 Å². The van der Waals surface area contributed by atoms with Crippen molar-refractivity contribution in [1.29, 1.82) is 0 Å². The number of hydrogen-bond donors (Lipinski definition) is 1. The van der Waals surface area contributed by atoms with Gasteiger partial charge in [-0.25, -0.2) is 4.57 Å². The largest absolute Gasteiger partial charge is 0.527 e. The number of phosphoric acid groups is 1. The van der Waals surface area contributed by atoms with Crippen LogP contribution in [0.15, 0.2) is 24.3 Å². The molecule has 23 heavy (non-hydrogen) atoms. The van der Waals surface area contributed by atoms with Crippen LogP contribution < -0.4 is 4.52 Å². The molecule has 1 N–H and O–H groups in total. The second-order valence-corrected chi connectivity index (χ2v) is 7.29. The lowest BCUT2D eigenvalue weighted by molar-refractivity contribution is 0.199. The van der Waals surface area contributed by atoms with Gasteiger partial charge in [0.2, 0.25) is 0 Å². The molecule has 0 aliphatic heterocycles. The van der Waals surface area contributed by atoms with Gasteiger partial charge in [-0.2, -0.15) is 0 Å². The van der Waals surface area contributed by atoms with Crippen molar-refractivity contribution in [3.05, 3.63) is 29.8 Å². The summed E-state index contributed by atoms with van der Waals surface area (Å²) in [7, 11) is -4.01. The first kappa shape index (κ1) is 20.2. The van der Waals surface area contributed by atoms with E-state index >= 15 is 0 Å². The van der Waals surface area contributed by atoms with Gasteiger partial charge >= 0.3 is 7.82 Å². The highest BCUT2D eigenvalue weighted by atomic mass is 31.2. The van der Waals surface area contributed by atoms with E-state index in [1.165, 1.54) is 24.8 Å². The van der Waals surface area contributed by atoms with Crippen LogP contribution in [-0.4, -0.2) is 11.5 Å². The Morgan fingerprint density at radius 2 is 1.52 bits per heavy atom. The summed E-state index contributed by atoms with van der Waals surface area (Å²) in [5, 5.41) is 0. The molecule has 0 spiro atoms. The van der Waals surface area contributed by atoms with Crippen LogP contribution in [0.1, 0.15) is 70.8 Å². The van der Waals surface area contributed by atoms with Crippen LogP contribution in [0.4, 0.5) is 0 Å². The lowest BCUT2D eigenvalue weighted by Gasteiger charge is -2.13. The quantitative estimate of drug-likeness (QED) is 0.359. The topological polar surface area (TPSA) is 55.8 Å². The van der Waals surface area contributed by atoms with Crippen molar-refractivity contribution < 1.29 is 18.5 Å². The first-order valence-electron chi connectivity index (χ1n) is 8.83. The maximum absolute atomic E-state index is 11.9. The Morgan fingerprint density at radius 1 is 0.913 bits per heavy atom. The van der Waals surface area contributed by atoms with Crippen molar-refractivity contribution in [3.8, 4) is 5.75 Å². The standard InChI is InChI=1S/C18H31O4P/c1-3-5-7-8-9-10-16-21-23(19,20)22-18-14-12-17(13-15-18)11-6-4-2/h12-15H,3-11,16H2,1-2H3,(H,19,20). The van der Waals surface area contributed by atoms with E-state index in [9.17, 15) is 9.46 Å². The van der Waals surface area contributed by atoms with E-state index in [1.54, 1.807) is 12.1 Å². The van der Waals surface area contributed by atoms with E-state index in [-0.39, 0.29) is 6.61 Å². The van der Waals surface area contributed by atoms with Gasteiger partial charge in [0.1, 0.15) is 5.75 Å². The average Bonchev–Trinajstić information content (AvgIpc) is 2.53. The number of aryl methyl sites for hydroxylation is 1. The smallest absolute Gasteiger partial charge is 0.404 e. The fourth-order valence-electron chi connectivity index (χ4n) is 2.32. The van der Waals surface area contributed by atoms with Gasteiger partial charge in [-0.15, -0.1) is 0 Å². The normalized spacial score (nSPS) is 13.7. The lowest BCUT2D eigenvalue weighted by atomic mass is 10.1. The molecule has 0 saturated heterocycles. The zero-order valence-corrected chi connectivity index (χ0v) is 15.4. The van der Waals surface area contributed by atoms with Gasteiger partial charge in [-0.3, -0.25) is 9.42 Å². The molecule has 0 saturated carbocycles. The molecule has 5 heteroatoms. The molecule has 0 heterocycles. The molecule has 1 aromatic carbocycles. The maximum atomic E-state index is 11.9. The number of rotatable bonds is 13. The first-order chi connectivity index (χ1) is 11.1. The van der Waals surface area contributed by atoms with Gasteiger partial charge in [0.15, 0.2) is 0 Å². The zero-order chi connectivity index (χ0) is 17.0. The highest BCUT2D eigenvalue weighted by molar-refractivity contribution is 7.47. The summed E-state index contributed by atoms with van der Waals surface area (Å²) in [5.74, 6) is 0.374. The third-order valence-electron chi connectivity index (χ3n) is 3.72. The van der Waals surface area contributed by atoms with E-state index in [0.717, 1.165) is 38.5 Å². The Kier molecular flexibility index (Phi) is 10.3. The summed E-state index contributed by atoms with van der Waals surface area (Å²) in [6, 6.07) is 7.31. The molecule has 0 fully saturated rings. The Morgan fingerprint density at radius 3 is 2.17 bits per heavy atom. The van der Waals surface area contributed by atoms with Crippen molar-refractivity contribution in [2.45, 2.75) is 71.6 Å². The molecule has 0 radical (unpaired) electrons. The van der Waals surface area contributed by atoms with Crippen molar-refractivity contribution in [1.82, 2.24) is 0 Å². The predicted octanol–water partition coefficient (Wildman–Crippen LogP) is 5.89. The molecular weight excluding hydrogens is 311 g/mol. The third kappa shape index (κ3) is 9.80. The van der Waals surface area contributed by atoms with Crippen molar-refractivity contribution in [3.63, 3.8) is 0 Å². The second kappa shape index (κ2) is 11.7. The number of unbranched alkanes of at least 4 members (excludes halogenated alkanes) is 6. The molecule has 0 bridgehead atoms. The molecule has 0 amide bonds. The fourth-order valence-corrected chi connectivity index (χ4v) is 3.12. The SMILES string of the molecule is CCCCCCCCOP(=O)(O)Oc1ccc(CCCC)cc1. The first-order valence-corrected chi connectivity index (χ1v) is 10.3. The number of phosphoric ester groups is 1. The minimum atomic E-state index is -4.01. The summed E-state index contributed by atoms with van der Waals surface area (Å²) >= 11 is 0. The summed E-state index contributed by atoms with van der Waals surface area (Å²) in [4.78, 5) is 9.73. The van der Waals surface area contributed by atoms with Crippen LogP contribution in [0.3, 0.4) is 0 Å². The summed E-state index contributed by atoms with van der Waals surface area (Å²) in [5.41, 5.74) is 1.21. The number of hydrogen-bond acceptors (Lipinski definition) is 3. The molecule has 1 aromatic rings. The Hall–Kier alpha value is -0.830. The van der Waals surface area contributed by atoms with Gasteiger partial charge in [0.05, 0.1) is 6.61 Å². The van der Waals surface area contributed by atoms with Crippen molar-refractivity contribution in [2.24, 2.45) is 0 Å². The van der Waals surface area contributed by atoms with E-state index < -0.39 is 7.82 Å². The van der Waals surface area contributed by atoms with Crippen LogP contribution in [0.2, 0.25) is 0 Å². The van der Waals surface area contributed by atoms with E-state index in [4.69, 9.17) is 9.05 Å². The molecule has 1 atom stereocenters. The molecule has 1 unspecified atom stereocenters. The lowest BCUT2D eigenvalue weighted by Crippen LogP contribution is -1.99. The van der Waals surface area contributed by atoms with E-state index in [2.05, 4.69) is 13.8 Å². The van der Waals surface area contributed by atoms with E-state index in [0.29, 0.717) is 5.75 Å². The molecule has 0 aliphatic rings. The Labute approximate surface area is 140 Å². The van der Waals surface area contributed by atoms with Gasteiger partial charge in [0, 0.05) is 0 Å². The Balaban J connectivity index is 2.27. The monoisotopic (exact) mass is 342 g/mol.